The maximum absolute atomic E-state index is 12.3. The fraction of sp³-hybridized carbons (Fsp3) is 0.0769. The number of anilines is 2. The number of nitrogen functional groups attached to an aromatic ring is 1. The smallest absolute Gasteiger partial charge is 0.264 e. The number of nitrogens with one attached hydrogen (secondary N) is 1. The molecule has 0 heterocycles. The molecule has 0 aliphatic rings. The second kappa shape index (κ2) is 5.63. The molecule has 4 N–H and O–H groups in total. The Kier molecular flexibility index (Phi) is 4.22. The molecule has 2 aromatic rings. The van der Waals surface area contributed by atoms with Gasteiger partial charge in [0.2, 0.25) is 0 Å². The van der Waals surface area contributed by atoms with Gasteiger partial charge >= 0.3 is 0 Å². The summed E-state index contributed by atoms with van der Waals surface area (Å²) in [6, 6.07) is 7.00. The van der Waals surface area contributed by atoms with Crippen LogP contribution in [0.4, 0.5) is 11.4 Å². The van der Waals surface area contributed by atoms with Crippen LogP contribution in [0.25, 0.3) is 0 Å². The van der Waals surface area contributed by atoms with Gasteiger partial charge in [0.05, 0.1) is 15.7 Å². The standard InChI is InChI=1S/C13H12Cl2N2O3S/c1-7-2-3-9(6-12(7)18)17-21(19,20)13-10(14)4-8(16)5-11(13)15/h2-6,17-18H,16H2,1H3. The average molecular weight is 347 g/mol. The van der Waals surface area contributed by atoms with E-state index >= 15 is 0 Å². The summed E-state index contributed by atoms with van der Waals surface area (Å²) < 4.78 is 27.0. The zero-order valence-electron chi connectivity index (χ0n) is 10.9. The number of aryl methyl sites for hydroxylation is 1. The maximum Gasteiger partial charge on any atom is 0.264 e. The van der Waals surface area contributed by atoms with Crippen LogP contribution in [-0.2, 0) is 10.0 Å². The first-order valence-corrected chi connectivity index (χ1v) is 8.01. The number of phenolic OH excluding ortho intramolecular Hbond substituents is 1. The third-order valence-corrected chi connectivity index (χ3v) is 5.05. The molecule has 21 heavy (non-hydrogen) atoms. The number of benzene rings is 2. The monoisotopic (exact) mass is 346 g/mol. The Bertz CT molecular complexity index is 784. The van der Waals surface area contributed by atoms with Crippen molar-refractivity contribution in [2.24, 2.45) is 0 Å². The fourth-order valence-corrected chi connectivity index (χ4v) is 4.00. The van der Waals surface area contributed by atoms with E-state index in [2.05, 4.69) is 4.72 Å². The summed E-state index contributed by atoms with van der Waals surface area (Å²) in [6.45, 7) is 1.70. The van der Waals surface area contributed by atoms with Crippen LogP contribution in [0.2, 0.25) is 10.0 Å². The molecule has 0 amide bonds. The van der Waals surface area contributed by atoms with E-state index in [-0.39, 0.29) is 32.1 Å². The molecule has 0 bridgehead atoms. The number of phenols is 1. The molecule has 0 aliphatic carbocycles. The van der Waals surface area contributed by atoms with Crippen molar-refractivity contribution < 1.29 is 13.5 Å². The topological polar surface area (TPSA) is 92.4 Å². The number of halogens is 2. The number of hydrogen-bond acceptors (Lipinski definition) is 4. The highest BCUT2D eigenvalue weighted by molar-refractivity contribution is 7.93. The Morgan fingerprint density at radius 3 is 2.24 bits per heavy atom. The van der Waals surface area contributed by atoms with Crippen molar-refractivity contribution in [2.45, 2.75) is 11.8 Å². The minimum Gasteiger partial charge on any atom is -0.508 e. The molecule has 0 aliphatic heterocycles. The van der Waals surface area contributed by atoms with Crippen molar-refractivity contribution in [1.29, 1.82) is 0 Å². The highest BCUT2D eigenvalue weighted by Crippen LogP contribution is 2.33. The molecule has 112 valence electrons. The van der Waals surface area contributed by atoms with E-state index in [0.717, 1.165) is 0 Å². The number of rotatable bonds is 3. The predicted molar refractivity (Wildman–Crippen MR) is 84.5 cm³/mol. The van der Waals surface area contributed by atoms with Gasteiger partial charge < -0.3 is 10.8 Å². The van der Waals surface area contributed by atoms with Gasteiger partial charge in [-0.3, -0.25) is 4.72 Å². The SMILES string of the molecule is Cc1ccc(NS(=O)(=O)c2c(Cl)cc(N)cc2Cl)cc1O. The number of aromatic hydroxyl groups is 1. The van der Waals surface area contributed by atoms with E-state index in [1.54, 1.807) is 13.0 Å². The molecular formula is C13H12Cl2N2O3S. The summed E-state index contributed by atoms with van der Waals surface area (Å²) in [5.41, 5.74) is 6.63. The van der Waals surface area contributed by atoms with Crippen LogP contribution in [0.15, 0.2) is 35.2 Å². The first kappa shape index (κ1) is 15.8. The third-order valence-electron chi connectivity index (χ3n) is 2.75. The predicted octanol–water partition coefficient (Wildman–Crippen LogP) is 3.39. The van der Waals surface area contributed by atoms with Crippen LogP contribution in [0.1, 0.15) is 5.56 Å². The quantitative estimate of drug-likeness (QED) is 0.742. The van der Waals surface area contributed by atoms with Crippen LogP contribution < -0.4 is 10.5 Å². The molecule has 0 spiro atoms. The van der Waals surface area contributed by atoms with Crippen molar-refractivity contribution in [2.75, 3.05) is 10.5 Å². The van der Waals surface area contributed by atoms with Gasteiger partial charge in [0.15, 0.2) is 0 Å². The van der Waals surface area contributed by atoms with Gasteiger partial charge in [-0.05, 0) is 30.7 Å². The van der Waals surface area contributed by atoms with Gasteiger partial charge in [-0.25, -0.2) is 8.42 Å². The molecule has 0 aromatic heterocycles. The third kappa shape index (κ3) is 3.34. The van der Waals surface area contributed by atoms with Gasteiger partial charge in [-0.2, -0.15) is 0 Å². The van der Waals surface area contributed by atoms with E-state index in [1.165, 1.54) is 24.3 Å². The lowest BCUT2D eigenvalue weighted by Crippen LogP contribution is -2.14. The number of nitrogens with two attached hydrogens (primary N) is 1. The fourth-order valence-electron chi connectivity index (χ4n) is 1.72. The minimum absolute atomic E-state index is 0.0234. The van der Waals surface area contributed by atoms with Crippen LogP contribution in [0.3, 0.4) is 0 Å². The van der Waals surface area contributed by atoms with Crippen molar-refractivity contribution in [3.63, 3.8) is 0 Å². The molecule has 0 atom stereocenters. The number of hydrogen-bond donors (Lipinski definition) is 3. The van der Waals surface area contributed by atoms with E-state index in [0.29, 0.717) is 5.56 Å². The molecular weight excluding hydrogens is 335 g/mol. The Hall–Kier alpha value is -1.63. The second-order valence-electron chi connectivity index (χ2n) is 4.42. The summed E-state index contributed by atoms with van der Waals surface area (Å²) in [6.07, 6.45) is 0. The van der Waals surface area contributed by atoms with E-state index in [9.17, 15) is 13.5 Å². The number of sulfonamides is 1. The molecule has 0 saturated carbocycles. The summed E-state index contributed by atoms with van der Waals surface area (Å²) >= 11 is 11.8. The summed E-state index contributed by atoms with van der Waals surface area (Å²) in [5, 5.41) is 9.45. The van der Waals surface area contributed by atoms with Crippen molar-refractivity contribution in [3.05, 3.63) is 45.9 Å². The second-order valence-corrected chi connectivity index (χ2v) is 6.85. The van der Waals surface area contributed by atoms with E-state index < -0.39 is 10.0 Å². The van der Waals surface area contributed by atoms with E-state index in [1.807, 2.05) is 0 Å². The summed E-state index contributed by atoms with van der Waals surface area (Å²) in [5.74, 6) is -0.0234. The molecule has 0 fully saturated rings. The highest BCUT2D eigenvalue weighted by atomic mass is 35.5. The van der Waals surface area contributed by atoms with Crippen molar-refractivity contribution in [1.82, 2.24) is 0 Å². The van der Waals surface area contributed by atoms with Crippen LogP contribution in [0.5, 0.6) is 5.75 Å². The Morgan fingerprint density at radius 1 is 1.14 bits per heavy atom. The molecule has 0 radical (unpaired) electrons. The summed E-state index contributed by atoms with van der Waals surface area (Å²) in [7, 11) is -4.00. The summed E-state index contributed by atoms with van der Waals surface area (Å²) in [4.78, 5) is -0.264. The van der Waals surface area contributed by atoms with E-state index in [4.69, 9.17) is 28.9 Å². The normalized spacial score (nSPS) is 11.4. The van der Waals surface area contributed by atoms with Gasteiger partial charge in [-0.15, -0.1) is 0 Å². The molecule has 0 saturated heterocycles. The molecule has 5 nitrogen and oxygen atoms in total. The zero-order valence-corrected chi connectivity index (χ0v) is 13.2. The van der Waals surface area contributed by atoms with Gasteiger partial charge in [-0.1, -0.05) is 29.3 Å². The van der Waals surface area contributed by atoms with Gasteiger partial charge in [0.1, 0.15) is 10.6 Å². The lowest BCUT2D eigenvalue weighted by Gasteiger charge is -2.12. The average Bonchev–Trinajstić information content (AvgIpc) is 2.31. The maximum atomic E-state index is 12.3. The lowest BCUT2D eigenvalue weighted by molar-refractivity contribution is 0.471. The Labute approximate surface area is 132 Å². The Balaban J connectivity index is 2.46. The molecule has 2 rings (SSSR count). The molecule has 2 aromatic carbocycles. The zero-order chi connectivity index (χ0) is 15.8. The first-order chi connectivity index (χ1) is 9.70. The van der Waals surface area contributed by atoms with Crippen LogP contribution in [0, 0.1) is 6.92 Å². The van der Waals surface area contributed by atoms with Gasteiger partial charge in [0, 0.05) is 11.8 Å². The lowest BCUT2D eigenvalue weighted by atomic mass is 10.2. The van der Waals surface area contributed by atoms with Crippen molar-refractivity contribution in [3.8, 4) is 5.75 Å². The van der Waals surface area contributed by atoms with Gasteiger partial charge in [0.25, 0.3) is 10.0 Å². The van der Waals surface area contributed by atoms with Crippen LogP contribution in [-0.4, -0.2) is 13.5 Å². The molecule has 0 unspecified atom stereocenters. The Morgan fingerprint density at radius 2 is 1.71 bits per heavy atom. The van der Waals surface area contributed by atoms with Crippen LogP contribution >= 0.6 is 23.2 Å². The van der Waals surface area contributed by atoms with Crippen molar-refractivity contribution >= 4 is 44.6 Å². The first-order valence-electron chi connectivity index (χ1n) is 5.77. The molecule has 8 heteroatoms. The minimum atomic E-state index is -4.00. The largest absolute Gasteiger partial charge is 0.508 e. The highest BCUT2D eigenvalue weighted by Gasteiger charge is 2.22.